The standard InChI is InChI=1S/C16H16F3N5O.C14H13ClN4O.C8H19N.C2H7N/c1-9-7-20-15(24-14(9)21-8-16(17,18)19)22-11-3-4-12-10(6-11)2-5-13(25)23-12;1-8-7-16-14(19-13(8)15)17-10-3-4-11-9(6-10)2-5-12(20)18-11;1-6-9(7(2)3)8(4)5;1-2-3/h3-4,6-7H,2,5,8H2,1H3,(H,23,25)(H2,20,21,22,24);3-4,6-7H,2,5H2,1H3,(H,18,20)(H,16,17,19);7-8H,6H2,1-5H3;2-3H2,1H3. The van der Waals surface area contributed by atoms with Gasteiger partial charge in [-0.05, 0) is 115 Å². The molecule has 2 amide bonds. The number of carbonyl (C=O) groups is 2. The highest BCUT2D eigenvalue weighted by atomic mass is 35.5. The topological polar surface area (TPSA) is 175 Å². The van der Waals surface area contributed by atoms with Crippen molar-refractivity contribution in [3.8, 4) is 0 Å². The van der Waals surface area contributed by atoms with Crippen LogP contribution in [0, 0.1) is 13.8 Å². The molecule has 2 aromatic heterocycles. The maximum atomic E-state index is 12.4. The van der Waals surface area contributed by atoms with Gasteiger partial charge in [0.25, 0.3) is 0 Å². The third kappa shape index (κ3) is 15.4. The molecule has 13 nitrogen and oxygen atoms in total. The van der Waals surface area contributed by atoms with E-state index in [0.29, 0.717) is 53.7 Å². The van der Waals surface area contributed by atoms with Gasteiger partial charge in [0.2, 0.25) is 23.7 Å². The molecular formula is C40H55ClF3N11O2. The summed E-state index contributed by atoms with van der Waals surface area (Å²) >= 11 is 5.97. The lowest BCUT2D eigenvalue weighted by Crippen LogP contribution is -2.36. The van der Waals surface area contributed by atoms with E-state index in [1.807, 2.05) is 38.1 Å². The molecule has 17 heteroatoms. The summed E-state index contributed by atoms with van der Waals surface area (Å²) in [5.41, 5.74) is 11.5. The van der Waals surface area contributed by atoms with Gasteiger partial charge < -0.3 is 32.3 Å². The molecule has 0 saturated carbocycles. The van der Waals surface area contributed by atoms with Gasteiger partial charge in [-0.1, -0.05) is 25.4 Å². The number of alkyl halides is 3. The van der Waals surface area contributed by atoms with Gasteiger partial charge in [-0.25, -0.2) is 15.0 Å². The lowest BCUT2D eigenvalue weighted by molar-refractivity contribution is -0.117. The fourth-order valence-electron chi connectivity index (χ4n) is 5.85. The van der Waals surface area contributed by atoms with Crippen LogP contribution < -0.4 is 32.3 Å². The molecule has 57 heavy (non-hydrogen) atoms. The van der Waals surface area contributed by atoms with E-state index in [1.165, 1.54) is 6.20 Å². The molecule has 0 atom stereocenters. The van der Waals surface area contributed by atoms with Crippen LogP contribution in [0.5, 0.6) is 0 Å². The number of fused-ring (bicyclic) bond motifs is 2. The minimum Gasteiger partial charge on any atom is -0.361 e. The van der Waals surface area contributed by atoms with Crippen LogP contribution >= 0.6 is 11.6 Å². The molecule has 2 aliphatic rings. The normalized spacial score (nSPS) is 13.1. The Morgan fingerprint density at radius 3 is 1.65 bits per heavy atom. The van der Waals surface area contributed by atoms with Crippen LogP contribution in [0.3, 0.4) is 0 Å². The number of halogens is 4. The fourth-order valence-corrected chi connectivity index (χ4v) is 5.98. The number of benzene rings is 2. The molecule has 4 aromatic rings. The number of anilines is 7. The van der Waals surface area contributed by atoms with Gasteiger partial charge in [0.15, 0.2) is 0 Å². The van der Waals surface area contributed by atoms with Crippen molar-refractivity contribution in [2.75, 3.05) is 46.2 Å². The average Bonchev–Trinajstić information content (AvgIpc) is 3.14. The quantitative estimate of drug-likeness (QED) is 0.0894. The minimum atomic E-state index is -4.33. The SMILES string of the molecule is CCN.CCN(C(C)C)C(C)C.Cc1cnc(Nc2ccc3c(c2)CCC(=O)N3)nc1Cl.Cc1cnc(Nc2ccc3c(c2)CCC(=O)N3)nc1NCC(F)(F)F. The summed E-state index contributed by atoms with van der Waals surface area (Å²) in [7, 11) is 0. The molecule has 0 unspecified atom stereocenters. The molecular weight excluding hydrogens is 759 g/mol. The van der Waals surface area contributed by atoms with E-state index in [2.05, 4.69) is 86.0 Å². The molecule has 310 valence electrons. The molecule has 0 radical (unpaired) electrons. The Hall–Kier alpha value is -5.06. The zero-order chi connectivity index (χ0) is 42.3. The van der Waals surface area contributed by atoms with E-state index in [1.54, 1.807) is 25.3 Å². The van der Waals surface area contributed by atoms with Crippen LogP contribution in [0.15, 0.2) is 48.8 Å². The first-order chi connectivity index (χ1) is 26.9. The highest BCUT2D eigenvalue weighted by Crippen LogP contribution is 2.29. The minimum absolute atomic E-state index is 0.0181. The third-order valence-electron chi connectivity index (χ3n) is 8.54. The first-order valence-electron chi connectivity index (χ1n) is 18.9. The van der Waals surface area contributed by atoms with E-state index in [0.717, 1.165) is 53.3 Å². The van der Waals surface area contributed by atoms with Gasteiger partial charge >= 0.3 is 6.18 Å². The fraction of sp³-hybridized carbons (Fsp3) is 0.450. The zero-order valence-electron chi connectivity index (χ0n) is 33.9. The Kier molecular flexibility index (Phi) is 17.9. The number of aryl methyl sites for hydroxylation is 4. The second kappa shape index (κ2) is 22.0. The van der Waals surface area contributed by atoms with E-state index in [-0.39, 0.29) is 23.6 Å². The van der Waals surface area contributed by atoms with Gasteiger partial charge in [0.1, 0.15) is 17.5 Å². The highest BCUT2D eigenvalue weighted by molar-refractivity contribution is 6.30. The average molecular weight is 814 g/mol. The number of nitrogens with zero attached hydrogens (tertiary/aromatic N) is 5. The van der Waals surface area contributed by atoms with E-state index in [4.69, 9.17) is 17.3 Å². The summed E-state index contributed by atoms with van der Waals surface area (Å²) in [5.74, 6) is 0.817. The van der Waals surface area contributed by atoms with Crippen molar-refractivity contribution in [3.63, 3.8) is 0 Å². The summed E-state index contributed by atoms with van der Waals surface area (Å²) in [4.78, 5) is 41.7. The Bertz CT molecular complexity index is 1940. The monoisotopic (exact) mass is 813 g/mol. The molecule has 0 fully saturated rings. The number of nitrogens with one attached hydrogen (secondary N) is 5. The largest absolute Gasteiger partial charge is 0.405 e. The van der Waals surface area contributed by atoms with Crippen molar-refractivity contribution in [1.82, 2.24) is 24.8 Å². The Balaban J connectivity index is 0.000000242. The molecule has 0 saturated heterocycles. The number of amides is 2. The second-order valence-corrected chi connectivity index (χ2v) is 14.2. The van der Waals surface area contributed by atoms with E-state index < -0.39 is 12.7 Å². The van der Waals surface area contributed by atoms with Crippen LogP contribution in [0.1, 0.15) is 76.6 Å². The van der Waals surface area contributed by atoms with Gasteiger partial charge in [-0.3, -0.25) is 14.5 Å². The first-order valence-corrected chi connectivity index (χ1v) is 19.3. The maximum Gasteiger partial charge on any atom is 0.405 e. The highest BCUT2D eigenvalue weighted by Gasteiger charge is 2.27. The first kappa shape index (κ1) is 46.3. The van der Waals surface area contributed by atoms with Gasteiger partial charge in [-0.2, -0.15) is 18.2 Å². The number of nitrogens with two attached hydrogens (primary N) is 1. The molecule has 0 spiro atoms. The zero-order valence-corrected chi connectivity index (χ0v) is 34.6. The van der Waals surface area contributed by atoms with Crippen LogP contribution in [0.25, 0.3) is 0 Å². The number of hydrogen-bond acceptors (Lipinski definition) is 11. The van der Waals surface area contributed by atoms with Crippen molar-refractivity contribution in [2.45, 2.75) is 99.3 Å². The van der Waals surface area contributed by atoms with Crippen molar-refractivity contribution in [3.05, 3.63) is 76.2 Å². The number of rotatable bonds is 9. The Morgan fingerprint density at radius 2 is 1.25 bits per heavy atom. The number of carbonyl (C=O) groups excluding carboxylic acids is 2. The second-order valence-electron chi connectivity index (χ2n) is 13.9. The van der Waals surface area contributed by atoms with Crippen LogP contribution in [0.2, 0.25) is 5.15 Å². The van der Waals surface area contributed by atoms with Crippen LogP contribution in [-0.2, 0) is 22.4 Å². The Labute approximate surface area is 338 Å². The Morgan fingerprint density at radius 1 is 0.789 bits per heavy atom. The lowest BCUT2D eigenvalue weighted by atomic mass is 10.0. The molecule has 6 rings (SSSR count). The van der Waals surface area contributed by atoms with Gasteiger partial charge in [-0.15, -0.1) is 0 Å². The molecule has 7 N–H and O–H groups in total. The smallest absolute Gasteiger partial charge is 0.361 e. The third-order valence-corrected chi connectivity index (χ3v) is 8.93. The molecule has 2 aromatic carbocycles. The predicted octanol–water partition coefficient (Wildman–Crippen LogP) is 8.54. The summed E-state index contributed by atoms with van der Waals surface area (Å²) in [6.45, 7) is 17.3. The maximum absolute atomic E-state index is 12.4. The van der Waals surface area contributed by atoms with Crippen LogP contribution in [-0.4, -0.2) is 74.5 Å². The molecule has 2 aliphatic heterocycles. The van der Waals surface area contributed by atoms with Gasteiger partial charge in [0, 0.05) is 71.2 Å². The van der Waals surface area contributed by atoms with E-state index in [9.17, 15) is 22.8 Å². The number of hydrogen-bond donors (Lipinski definition) is 6. The van der Waals surface area contributed by atoms with Crippen molar-refractivity contribution < 1.29 is 22.8 Å². The predicted molar refractivity (Wildman–Crippen MR) is 224 cm³/mol. The van der Waals surface area contributed by atoms with Gasteiger partial charge in [0.05, 0.1) is 0 Å². The molecule has 0 bridgehead atoms. The summed E-state index contributed by atoms with van der Waals surface area (Å²) in [6.07, 6.45) is 1.11. The number of aromatic nitrogens is 4. The summed E-state index contributed by atoms with van der Waals surface area (Å²) in [5, 5.41) is 14.4. The van der Waals surface area contributed by atoms with Crippen molar-refractivity contribution in [2.24, 2.45) is 5.73 Å². The lowest BCUT2D eigenvalue weighted by Gasteiger charge is -2.28. The molecule has 4 heterocycles. The van der Waals surface area contributed by atoms with Crippen molar-refractivity contribution in [1.29, 1.82) is 0 Å². The molecule has 0 aliphatic carbocycles. The summed E-state index contributed by atoms with van der Waals surface area (Å²) < 4.78 is 37.1. The van der Waals surface area contributed by atoms with Crippen molar-refractivity contribution >= 4 is 63.9 Å². The van der Waals surface area contributed by atoms with Crippen LogP contribution in [0.4, 0.5) is 53.6 Å². The summed E-state index contributed by atoms with van der Waals surface area (Å²) in [6, 6.07) is 12.5. The van der Waals surface area contributed by atoms with E-state index >= 15 is 0 Å².